The molecule has 0 radical (unpaired) electrons. The van der Waals surface area contributed by atoms with Crippen LogP contribution in [0.3, 0.4) is 0 Å². The Morgan fingerprint density at radius 2 is 1.74 bits per heavy atom. The molecule has 1 aromatic rings. The zero-order valence-corrected chi connectivity index (χ0v) is 19.5. The average Bonchev–Trinajstić information content (AvgIpc) is 3.55. The highest BCUT2D eigenvalue weighted by atomic mass is 32.2. The van der Waals surface area contributed by atoms with E-state index < -0.39 is 10.2 Å². The Hall–Kier alpha value is -1.95. The first kappa shape index (κ1) is 22.3. The van der Waals surface area contributed by atoms with E-state index >= 15 is 0 Å². The van der Waals surface area contributed by atoms with Crippen LogP contribution in [-0.2, 0) is 14.9 Å². The topological polar surface area (TPSA) is 85.4 Å². The summed E-state index contributed by atoms with van der Waals surface area (Å²) in [6.07, 6.45) is 1.72. The first-order valence-electron chi connectivity index (χ1n) is 10.5. The second-order valence-corrected chi connectivity index (χ2v) is 10.9. The number of carbonyl (C=O) groups excluding carboxylic acids is 1. The minimum absolute atomic E-state index is 0.226. The Morgan fingerprint density at radius 1 is 1.13 bits per heavy atom. The van der Waals surface area contributed by atoms with Crippen LogP contribution in [0.25, 0.3) is 0 Å². The zero-order chi connectivity index (χ0) is 22.2. The van der Waals surface area contributed by atoms with Crippen molar-refractivity contribution in [2.24, 2.45) is 5.92 Å². The molecule has 1 saturated carbocycles. The van der Waals surface area contributed by atoms with Gasteiger partial charge in [0.05, 0.1) is 18.1 Å². The third kappa shape index (κ3) is 4.94. The molecule has 9 nitrogen and oxygen atoms in total. The predicted molar refractivity (Wildman–Crippen MR) is 124 cm³/mol. The number of benzene rings is 1. The molecule has 1 N–H and O–H groups in total. The van der Waals surface area contributed by atoms with Crippen molar-refractivity contribution in [1.82, 2.24) is 13.9 Å². The van der Waals surface area contributed by atoms with Gasteiger partial charge in [0.25, 0.3) is 10.2 Å². The number of nitrogens with zero attached hydrogens (tertiary/aromatic N) is 4. The zero-order valence-electron chi connectivity index (χ0n) is 17.9. The van der Waals surface area contributed by atoms with Gasteiger partial charge in [-0.05, 0) is 37.1 Å². The molecule has 1 aliphatic carbocycles. The van der Waals surface area contributed by atoms with Crippen LogP contribution in [0.2, 0.25) is 0 Å². The number of hydrogen-bond acceptors (Lipinski definition) is 6. The predicted octanol–water partition coefficient (Wildman–Crippen LogP) is 1.27. The number of nitrogens with one attached hydrogen (secondary N) is 1. The van der Waals surface area contributed by atoms with Crippen LogP contribution < -0.4 is 15.1 Å². The Bertz CT molecular complexity index is 925. The Kier molecular flexibility index (Phi) is 6.38. The van der Waals surface area contributed by atoms with Gasteiger partial charge in [-0.15, -0.1) is 0 Å². The van der Waals surface area contributed by atoms with Crippen molar-refractivity contribution < 1.29 is 17.9 Å². The summed E-state index contributed by atoms with van der Waals surface area (Å²) >= 11 is 5.34. The van der Waals surface area contributed by atoms with Crippen LogP contribution in [0, 0.1) is 5.92 Å². The molecule has 0 aromatic heterocycles. The SMILES string of the molecule is CN(C)S(=O)(=O)N1CCN(c2ccc(N3C[C@H](CNC(=S)C4CC4)OC3=O)cc2)CC1. The second kappa shape index (κ2) is 8.89. The van der Waals surface area contributed by atoms with E-state index in [0.29, 0.717) is 45.2 Å². The first-order valence-corrected chi connectivity index (χ1v) is 12.3. The molecule has 2 heterocycles. The fraction of sp³-hybridized carbons (Fsp3) is 0.600. The summed E-state index contributed by atoms with van der Waals surface area (Å²) in [7, 11) is -0.283. The minimum atomic E-state index is -3.38. The van der Waals surface area contributed by atoms with E-state index in [1.165, 1.54) is 8.61 Å². The maximum Gasteiger partial charge on any atom is 0.414 e. The van der Waals surface area contributed by atoms with E-state index in [4.69, 9.17) is 17.0 Å². The smallest absolute Gasteiger partial charge is 0.414 e. The van der Waals surface area contributed by atoms with Gasteiger partial charge >= 0.3 is 6.09 Å². The highest BCUT2D eigenvalue weighted by Crippen LogP contribution is 2.30. The van der Waals surface area contributed by atoms with Gasteiger partial charge in [0.2, 0.25) is 0 Å². The molecule has 0 bridgehead atoms. The number of anilines is 2. The van der Waals surface area contributed by atoms with Crippen LogP contribution in [0.4, 0.5) is 16.2 Å². The standard InChI is InChI=1S/C20H29N5O4S2/c1-22(2)31(27,28)24-11-9-23(10-12-24)16-5-7-17(8-6-16)25-14-18(29-20(25)26)13-21-19(30)15-3-4-15/h5-8,15,18H,3-4,9-14H2,1-2H3,(H,21,30)/t18-/m0/s1. The monoisotopic (exact) mass is 467 g/mol. The number of cyclic esters (lactones) is 1. The van der Waals surface area contributed by atoms with Crippen molar-refractivity contribution in [2.45, 2.75) is 18.9 Å². The lowest BCUT2D eigenvalue weighted by molar-refractivity contribution is 0.143. The molecule has 1 amide bonds. The number of hydrogen-bond donors (Lipinski definition) is 1. The van der Waals surface area contributed by atoms with Crippen molar-refractivity contribution in [2.75, 3.05) is 63.2 Å². The van der Waals surface area contributed by atoms with Crippen LogP contribution in [0.5, 0.6) is 0 Å². The lowest BCUT2D eigenvalue weighted by Gasteiger charge is -2.36. The maximum atomic E-state index is 12.3. The summed E-state index contributed by atoms with van der Waals surface area (Å²) in [4.78, 5) is 17.0. The molecular weight excluding hydrogens is 438 g/mol. The van der Waals surface area contributed by atoms with Crippen molar-refractivity contribution in [1.29, 1.82) is 0 Å². The molecule has 1 aromatic carbocycles. The van der Waals surface area contributed by atoms with Gasteiger partial charge < -0.3 is 15.0 Å². The average molecular weight is 468 g/mol. The van der Waals surface area contributed by atoms with Gasteiger partial charge in [0, 0.05) is 57.6 Å². The molecule has 4 rings (SSSR count). The number of piperazine rings is 1. The molecule has 2 aliphatic heterocycles. The van der Waals surface area contributed by atoms with Crippen LogP contribution in [-0.4, -0.2) is 87.6 Å². The Balaban J connectivity index is 1.31. The van der Waals surface area contributed by atoms with Crippen LogP contribution in [0.15, 0.2) is 24.3 Å². The second-order valence-electron chi connectivity index (χ2n) is 8.33. The summed E-state index contributed by atoms with van der Waals surface area (Å²) in [6.45, 7) is 3.14. The molecule has 0 spiro atoms. The van der Waals surface area contributed by atoms with Gasteiger partial charge in [-0.3, -0.25) is 4.90 Å². The molecule has 2 saturated heterocycles. The molecule has 170 valence electrons. The summed E-state index contributed by atoms with van der Waals surface area (Å²) in [6, 6.07) is 7.74. The fourth-order valence-electron chi connectivity index (χ4n) is 3.79. The number of thiocarbonyl (C=S) groups is 1. The molecule has 1 atom stereocenters. The largest absolute Gasteiger partial charge is 0.442 e. The number of rotatable bonds is 7. The lowest BCUT2D eigenvalue weighted by atomic mass is 10.2. The number of carbonyl (C=O) groups is 1. The van der Waals surface area contributed by atoms with E-state index in [9.17, 15) is 13.2 Å². The molecule has 31 heavy (non-hydrogen) atoms. The molecule has 11 heteroatoms. The highest BCUT2D eigenvalue weighted by molar-refractivity contribution is 7.86. The van der Waals surface area contributed by atoms with Gasteiger partial charge in [-0.1, -0.05) is 12.2 Å². The summed E-state index contributed by atoms with van der Waals surface area (Å²) in [5.41, 5.74) is 1.79. The van der Waals surface area contributed by atoms with E-state index in [2.05, 4.69) is 10.2 Å². The quantitative estimate of drug-likeness (QED) is 0.605. The van der Waals surface area contributed by atoms with Gasteiger partial charge in [0.15, 0.2) is 0 Å². The molecule has 3 fully saturated rings. The van der Waals surface area contributed by atoms with Gasteiger partial charge in [-0.25, -0.2) is 4.79 Å². The van der Waals surface area contributed by atoms with Crippen LogP contribution >= 0.6 is 12.2 Å². The van der Waals surface area contributed by atoms with Crippen molar-refractivity contribution in [3.05, 3.63) is 24.3 Å². The summed E-state index contributed by atoms with van der Waals surface area (Å²) in [5, 5.41) is 3.22. The van der Waals surface area contributed by atoms with E-state index in [1.54, 1.807) is 19.0 Å². The van der Waals surface area contributed by atoms with Gasteiger partial charge in [-0.2, -0.15) is 17.0 Å². The number of amides is 1. The molecule has 3 aliphatic rings. The third-order valence-corrected chi connectivity index (χ3v) is 8.30. The van der Waals surface area contributed by atoms with Crippen molar-refractivity contribution >= 4 is 44.9 Å². The van der Waals surface area contributed by atoms with Crippen molar-refractivity contribution in [3.63, 3.8) is 0 Å². The van der Waals surface area contributed by atoms with E-state index in [0.717, 1.165) is 29.2 Å². The maximum absolute atomic E-state index is 12.3. The first-order chi connectivity index (χ1) is 14.8. The summed E-state index contributed by atoms with van der Waals surface area (Å²) < 4.78 is 32.8. The fourth-order valence-corrected chi connectivity index (χ4v) is 5.20. The minimum Gasteiger partial charge on any atom is -0.442 e. The Labute approximate surface area is 189 Å². The van der Waals surface area contributed by atoms with Crippen LogP contribution in [0.1, 0.15) is 12.8 Å². The molecule has 0 unspecified atom stereocenters. The highest BCUT2D eigenvalue weighted by Gasteiger charge is 2.34. The summed E-state index contributed by atoms with van der Waals surface area (Å²) in [5.74, 6) is 0.501. The molecular formula is C20H29N5O4S2. The number of ether oxygens (including phenoxy) is 1. The lowest BCUT2D eigenvalue weighted by Crippen LogP contribution is -2.51. The van der Waals surface area contributed by atoms with E-state index in [1.807, 2.05) is 24.3 Å². The van der Waals surface area contributed by atoms with Crippen molar-refractivity contribution in [3.8, 4) is 0 Å². The Morgan fingerprint density at radius 3 is 2.32 bits per heavy atom. The third-order valence-electron chi connectivity index (χ3n) is 5.88. The normalized spacial score (nSPS) is 22.7. The van der Waals surface area contributed by atoms with E-state index in [-0.39, 0.29) is 12.2 Å². The van der Waals surface area contributed by atoms with Gasteiger partial charge in [0.1, 0.15) is 6.10 Å².